The molecule has 0 aliphatic carbocycles. The van der Waals surface area contributed by atoms with Crippen LogP contribution in [0.25, 0.3) is 0 Å². The molecule has 114 valence electrons. The molecule has 3 heteroatoms. The van der Waals surface area contributed by atoms with Gasteiger partial charge in [0.05, 0.1) is 0 Å². The summed E-state index contributed by atoms with van der Waals surface area (Å²) in [6, 6.07) is 3.26. The summed E-state index contributed by atoms with van der Waals surface area (Å²) in [5.41, 5.74) is 1.56. The first kappa shape index (κ1) is 16.0. The fraction of sp³-hybridized carbons (Fsp3) is 0.765. The van der Waals surface area contributed by atoms with Gasteiger partial charge in [0.15, 0.2) is 0 Å². The summed E-state index contributed by atoms with van der Waals surface area (Å²) in [5, 5.41) is 3.43. The van der Waals surface area contributed by atoms with Gasteiger partial charge in [-0.1, -0.05) is 26.7 Å². The van der Waals surface area contributed by atoms with Crippen molar-refractivity contribution in [3.05, 3.63) is 21.4 Å². The molecule has 1 N–H and O–H groups in total. The minimum atomic E-state index is 0.824. The van der Waals surface area contributed by atoms with Gasteiger partial charge in [0.25, 0.3) is 0 Å². The van der Waals surface area contributed by atoms with Gasteiger partial charge in [-0.15, -0.1) is 11.3 Å². The zero-order valence-corrected chi connectivity index (χ0v) is 14.2. The van der Waals surface area contributed by atoms with Gasteiger partial charge < -0.3 is 5.32 Å². The van der Waals surface area contributed by atoms with Crippen molar-refractivity contribution in [1.82, 2.24) is 10.2 Å². The largest absolute Gasteiger partial charge is 0.312 e. The second kappa shape index (κ2) is 8.16. The number of aryl methyl sites for hydroxylation is 1. The van der Waals surface area contributed by atoms with Crippen LogP contribution in [0.2, 0.25) is 0 Å². The summed E-state index contributed by atoms with van der Waals surface area (Å²) in [6.07, 6.45) is 6.90. The number of piperidine rings is 1. The van der Waals surface area contributed by atoms with E-state index in [1.807, 2.05) is 11.3 Å². The summed E-state index contributed by atoms with van der Waals surface area (Å²) < 4.78 is 0. The molecule has 1 aromatic rings. The van der Waals surface area contributed by atoms with Gasteiger partial charge in [-0.3, -0.25) is 4.90 Å². The number of hydrogen-bond donors (Lipinski definition) is 1. The van der Waals surface area contributed by atoms with Crippen molar-refractivity contribution in [2.24, 2.45) is 0 Å². The summed E-state index contributed by atoms with van der Waals surface area (Å²) in [6.45, 7) is 11.3. The predicted molar refractivity (Wildman–Crippen MR) is 89.4 cm³/mol. The Bertz CT molecular complexity index is 398. The number of rotatable bonds is 7. The zero-order valence-electron chi connectivity index (χ0n) is 13.4. The lowest BCUT2D eigenvalue weighted by atomic mass is 9.97. The normalized spacial score (nSPS) is 20.4. The standard InChI is InChI=1S/C17H30N2S/c1-4-8-16-9-6-7-10-19(16)13-15-11-17(12-18-5-2)20-14(15)3/h11,16,18H,4-10,12-13H2,1-3H3. The van der Waals surface area contributed by atoms with E-state index >= 15 is 0 Å². The highest BCUT2D eigenvalue weighted by Gasteiger charge is 2.22. The van der Waals surface area contributed by atoms with Crippen LogP contribution >= 0.6 is 11.3 Å². The van der Waals surface area contributed by atoms with E-state index in [0.29, 0.717) is 0 Å². The molecule has 0 aromatic carbocycles. The first-order valence-corrected chi connectivity index (χ1v) is 9.09. The maximum absolute atomic E-state index is 3.43. The molecule has 2 heterocycles. The fourth-order valence-electron chi connectivity index (χ4n) is 3.23. The third-order valence-corrected chi connectivity index (χ3v) is 5.46. The molecule has 1 aliphatic heterocycles. The van der Waals surface area contributed by atoms with Crippen LogP contribution in [0.3, 0.4) is 0 Å². The Balaban J connectivity index is 1.98. The number of likely N-dealkylation sites (tertiary alicyclic amines) is 1. The Hall–Kier alpha value is -0.380. The molecule has 0 spiro atoms. The van der Waals surface area contributed by atoms with Gasteiger partial charge >= 0.3 is 0 Å². The first-order valence-electron chi connectivity index (χ1n) is 8.27. The second-order valence-electron chi connectivity index (χ2n) is 5.98. The van der Waals surface area contributed by atoms with Crippen molar-refractivity contribution in [2.45, 2.75) is 72.0 Å². The average molecular weight is 295 g/mol. The van der Waals surface area contributed by atoms with Crippen molar-refractivity contribution in [3.63, 3.8) is 0 Å². The summed E-state index contributed by atoms with van der Waals surface area (Å²) in [4.78, 5) is 5.74. The van der Waals surface area contributed by atoms with Gasteiger partial charge in [-0.2, -0.15) is 0 Å². The number of nitrogens with zero attached hydrogens (tertiary/aromatic N) is 1. The first-order chi connectivity index (χ1) is 9.74. The molecule has 20 heavy (non-hydrogen) atoms. The molecule has 2 nitrogen and oxygen atoms in total. The van der Waals surface area contributed by atoms with E-state index in [0.717, 1.165) is 19.1 Å². The molecule has 1 aliphatic rings. The van der Waals surface area contributed by atoms with Crippen LogP contribution in [0.1, 0.15) is 61.3 Å². The smallest absolute Gasteiger partial charge is 0.0299 e. The minimum Gasteiger partial charge on any atom is -0.312 e. The van der Waals surface area contributed by atoms with Gasteiger partial charge in [-0.25, -0.2) is 0 Å². The molecule has 1 aromatic heterocycles. The Morgan fingerprint density at radius 2 is 2.20 bits per heavy atom. The fourth-order valence-corrected chi connectivity index (χ4v) is 4.25. The van der Waals surface area contributed by atoms with Crippen LogP contribution < -0.4 is 5.32 Å². The molecule has 1 saturated heterocycles. The predicted octanol–water partition coefficient (Wildman–Crippen LogP) is 4.32. The second-order valence-corrected chi connectivity index (χ2v) is 7.32. The summed E-state index contributed by atoms with van der Waals surface area (Å²) in [5.74, 6) is 0. The van der Waals surface area contributed by atoms with Gasteiger partial charge in [0, 0.05) is 28.9 Å². The van der Waals surface area contributed by atoms with Gasteiger partial charge in [0.2, 0.25) is 0 Å². The van der Waals surface area contributed by atoms with Crippen molar-refractivity contribution < 1.29 is 0 Å². The zero-order chi connectivity index (χ0) is 14.4. The third kappa shape index (κ3) is 4.31. The quantitative estimate of drug-likeness (QED) is 0.805. The van der Waals surface area contributed by atoms with Crippen LogP contribution in [-0.2, 0) is 13.1 Å². The molecule has 1 unspecified atom stereocenters. The van der Waals surface area contributed by atoms with E-state index in [4.69, 9.17) is 0 Å². The van der Waals surface area contributed by atoms with Crippen molar-refractivity contribution in [2.75, 3.05) is 13.1 Å². The van der Waals surface area contributed by atoms with Gasteiger partial charge in [-0.05, 0) is 50.9 Å². The average Bonchev–Trinajstić information content (AvgIpc) is 2.79. The summed E-state index contributed by atoms with van der Waals surface area (Å²) in [7, 11) is 0. The molecule has 0 amide bonds. The third-order valence-electron chi connectivity index (χ3n) is 4.37. The molecule has 0 radical (unpaired) electrons. The topological polar surface area (TPSA) is 15.3 Å². The lowest BCUT2D eigenvalue weighted by Crippen LogP contribution is -2.38. The molecule has 0 saturated carbocycles. The van der Waals surface area contributed by atoms with E-state index in [1.165, 1.54) is 54.9 Å². The van der Waals surface area contributed by atoms with E-state index in [9.17, 15) is 0 Å². The Kier molecular flexibility index (Phi) is 6.53. The molecular weight excluding hydrogens is 264 g/mol. The number of nitrogens with one attached hydrogen (secondary N) is 1. The SMILES string of the molecule is CCCC1CCCCN1Cc1cc(CNCC)sc1C. The van der Waals surface area contributed by atoms with E-state index < -0.39 is 0 Å². The lowest BCUT2D eigenvalue weighted by molar-refractivity contribution is 0.131. The minimum absolute atomic E-state index is 0.824. The van der Waals surface area contributed by atoms with Crippen molar-refractivity contribution in [1.29, 1.82) is 0 Å². The van der Waals surface area contributed by atoms with E-state index in [-0.39, 0.29) is 0 Å². The van der Waals surface area contributed by atoms with Crippen LogP contribution in [-0.4, -0.2) is 24.0 Å². The number of thiophene rings is 1. The van der Waals surface area contributed by atoms with Crippen LogP contribution in [0.15, 0.2) is 6.07 Å². The Morgan fingerprint density at radius 1 is 1.35 bits per heavy atom. The van der Waals surface area contributed by atoms with E-state index in [2.05, 4.69) is 37.1 Å². The van der Waals surface area contributed by atoms with E-state index in [1.54, 1.807) is 5.56 Å². The highest BCUT2D eigenvalue weighted by atomic mass is 32.1. The monoisotopic (exact) mass is 294 g/mol. The molecule has 1 fully saturated rings. The molecular formula is C17H30N2S. The van der Waals surface area contributed by atoms with Crippen LogP contribution in [0, 0.1) is 6.92 Å². The van der Waals surface area contributed by atoms with Crippen molar-refractivity contribution >= 4 is 11.3 Å². The Labute approximate surface area is 128 Å². The van der Waals surface area contributed by atoms with Gasteiger partial charge in [0.1, 0.15) is 0 Å². The lowest BCUT2D eigenvalue weighted by Gasteiger charge is -2.35. The van der Waals surface area contributed by atoms with Crippen LogP contribution in [0.5, 0.6) is 0 Å². The highest BCUT2D eigenvalue weighted by Crippen LogP contribution is 2.27. The molecule has 2 rings (SSSR count). The summed E-state index contributed by atoms with van der Waals surface area (Å²) >= 11 is 1.97. The maximum Gasteiger partial charge on any atom is 0.0299 e. The maximum atomic E-state index is 3.43. The Morgan fingerprint density at radius 3 is 2.95 bits per heavy atom. The van der Waals surface area contributed by atoms with Crippen LogP contribution in [0.4, 0.5) is 0 Å². The molecule has 1 atom stereocenters. The highest BCUT2D eigenvalue weighted by molar-refractivity contribution is 7.12. The van der Waals surface area contributed by atoms with Crippen molar-refractivity contribution in [3.8, 4) is 0 Å². The number of hydrogen-bond acceptors (Lipinski definition) is 3. The molecule has 0 bridgehead atoms.